The molecule has 1 saturated heterocycles. The number of nitrogens with two attached hydrogens (primary N) is 1. The van der Waals surface area contributed by atoms with Crippen LogP contribution in [0.15, 0.2) is 84.5 Å². The third kappa shape index (κ3) is 6.02. The number of amides is 2. The molecule has 1 saturated carbocycles. The van der Waals surface area contributed by atoms with Crippen LogP contribution in [0.2, 0.25) is 0 Å². The van der Waals surface area contributed by atoms with Gasteiger partial charge in [-0.25, -0.2) is 0 Å². The third-order valence-electron chi connectivity index (χ3n) is 9.78. The lowest BCUT2D eigenvalue weighted by Crippen LogP contribution is -2.40. The topological polar surface area (TPSA) is 113 Å². The first-order valence-electron chi connectivity index (χ1n) is 16.6. The predicted octanol–water partition coefficient (Wildman–Crippen LogP) is 6.72. The van der Waals surface area contributed by atoms with Crippen LogP contribution < -0.4 is 15.4 Å². The van der Waals surface area contributed by atoms with Gasteiger partial charge in [0.15, 0.2) is 0 Å². The van der Waals surface area contributed by atoms with Crippen molar-refractivity contribution < 1.29 is 19.1 Å². The summed E-state index contributed by atoms with van der Waals surface area (Å²) < 4.78 is 11.5. The average molecular weight is 644 g/mol. The van der Waals surface area contributed by atoms with Gasteiger partial charge in [0.25, 0.3) is 11.8 Å². The van der Waals surface area contributed by atoms with Gasteiger partial charge in [-0.05, 0) is 91.6 Å². The van der Waals surface area contributed by atoms with Gasteiger partial charge in [0, 0.05) is 54.5 Å². The second-order valence-corrected chi connectivity index (χ2v) is 12.8. The van der Waals surface area contributed by atoms with Crippen molar-refractivity contribution in [2.45, 2.75) is 44.6 Å². The normalized spacial score (nSPS) is 17.1. The van der Waals surface area contributed by atoms with E-state index in [4.69, 9.17) is 15.2 Å². The molecular weight excluding hydrogens is 602 g/mol. The van der Waals surface area contributed by atoms with Gasteiger partial charge >= 0.3 is 0 Å². The highest BCUT2D eigenvalue weighted by molar-refractivity contribution is 6.18. The summed E-state index contributed by atoms with van der Waals surface area (Å²) in [5, 5.41) is 0. The van der Waals surface area contributed by atoms with Crippen LogP contribution in [0.4, 0.5) is 11.5 Å². The monoisotopic (exact) mass is 643 g/mol. The fourth-order valence-electron chi connectivity index (χ4n) is 6.87. The summed E-state index contributed by atoms with van der Waals surface area (Å²) in [5.74, 6) is 1.63. The second-order valence-electron chi connectivity index (χ2n) is 12.8. The first-order chi connectivity index (χ1) is 23.4. The molecule has 1 aliphatic carbocycles. The maximum Gasteiger partial charge on any atom is 0.262 e. The number of piperidine rings is 1. The number of hydrogen-bond donors (Lipinski definition) is 2. The van der Waals surface area contributed by atoms with E-state index in [1.54, 1.807) is 12.0 Å². The summed E-state index contributed by atoms with van der Waals surface area (Å²) >= 11 is 0. The molecule has 9 heteroatoms. The Labute approximate surface area is 281 Å². The van der Waals surface area contributed by atoms with Gasteiger partial charge in [-0.2, -0.15) is 0 Å². The van der Waals surface area contributed by atoms with E-state index >= 15 is 0 Å². The minimum absolute atomic E-state index is 0.0273. The molecular formula is C39H41N5O4. The quantitative estimate of drug-likeness (QED) is 0.207. The number of methoxy groups -OCH3 is 1. The predicted molar refractivity (Wildman–Crippen MR) is 189 cm³/mol. The summed E-state index contributed by atoms with van der Waals surface area (Å²) in [6.45, 7) is 8.07. The van der Waals surface area contributed by atoms with Gasteiger partial charge in [0.05, 0.1) is 23.9 Å². The number of anilines is 2. The molecule has 48 heavy (non-hydrogen) atoms. The molecule has 2 aliphatic heterocycles. The Kier molecular flexibility index (Phi) is 8.62. The molecule has 7 rings (SSSR count). The van der Waals surface area contributed by atoms with E-state index in [1.165, 1.54) is 24.6 Å². The number of benzene rings is 3. The van der Waals surface area contributed by atoms with E-state index in [2.05, 4.69) is 22.6 Å². The number of aliphatic imine (C=N–C) groups is 1. The summed E-state index contributed by atoms with van der Waals surface area (Å²) in [6, 6.07) is 21.4. The first-order valence-corrected chi connectivity index (χ1v) is 16.6. The molecule has 0 bridgehead atoms. The molecule has 3 aromatic carbocycles. The highest BCUT2D eigenvalue weighted by atomic mass is 16.5. The molecule has 1 aromatic heterocycles. The van der Waals surface area contributed by atoms with Gasteiger partial charge in [-0.3, -0.25) is 14.6 Å². The van der Waals surface area contributed by atoms with Crippen LogP contribution in [0.5, 0.6) is 5.75 Å². The Morgan fingerprint density at radius 3 is 2.50 bits per heavy atom. The summed E-state index contributed by atoms with van der Waals surface area (Å²) in [6.07, 6.45) is 5.79. The molecule has 0 unspecified atom stereocenters. The van der Waals surface area contributed by atoms with E-state index in [-0.39, 0.29) is 17.9 Å². The number of fused-ring (bicyclic) bond motifs is 1. The largest absolute Gasteiger partial charge is 0.491 e. The Hall–Kier alpha value is -5.15. The molecule has 2 amide bonds. The summed E-state index contributed by atoms with van der Waals surface area (Å²) in [5.41, 5.74) is 14.6. The number of aromatic amines is 1. The summed E-state index contributed by atoms with van der Waals surface area (Å²) in [7, 11) is 1.72. The van der Waals surface area contributed by atoms with Crippen LogP contribution in [0, 0.1) is 6.92 Å². The van der Waals surface area contributed by atoms with Gasteiger partial charge in [0.2, 0.25) is 0 Å². The number of carbonyl (C=O) groups is 2. The number of nitrogen functional groups attached to an aromatic ring is 1. The Bertz CT molecular complexity index is 1900. The Balaban J connectivity index is 1.15. The number of H-pyrrole nitrogens is 1. The molecule has 0 spiro atoms. The van der Waals surface area contributed by atoms with E-state index in [0.717, 1.165) is 46.5 Å². The van der Waals surface area contributed by atoms with Crippen molar-refractivity contribution in [2.24, 2.45) is 4.99 Å². The van der Waals surface area contributed by atoms with Crippen molar-refractivity contribution in [1.82, 2.24) is 9.88 Å². The molecule has 3 heterocycles. The first kappa shape index (κ1) is 31.4. The molecule has 3 aliphatic rings. The maximum absolute atomic E-state index is 13.9. The molecule has 2 fully saturated rings. The number of carbonyl (C=O) groups excluding carboxylic acids is 2. The molecule has 9 nitrogen and oxygen atoms in total. The smallest absolute Gasteiger partial charge is 0.262 e. The number of nitrogens with one attached hydrogen (secondary N) is 1. The Morgan fingerprint density at radius 1 is 1.02 bits per heavy atom. The number of nitrogens with zero attached hydrogens (tertiary/aromatic N) is 3. The molecule has 0 radical (unpaired) electrons. The maximum atomic E-state index is 13.9. The van der Waals surface area contributed by atoms with Crippen molar-refractivity contribution in [1.29, 1.82) is 0 Å². The average Bonchev–Trinajstić information content (AvgIpc) is 3.92. The number of hydrogen-bond acceptors (Lipinski definition) is 6. The van der Waals surface area contributed by atoms with Crippen LogP contribution in [0.1, 0.15) is 74.6 Å². The SMILES string of the molecule is C=CN=C(c1cc(-c2ccc(C(=O)N3CCC(OC)CC3)cc2)[nH]c1N)c1cccc(N2CCOc3cc(C4CC4)ccc3C2=O)c1C. The van der Waals surface area contributed by atoms with Crippen LogP contribution in [0.3, 0.4) is 0 Å². The lowest BCUT2D eigenvalue weighted by Gasteiger charge is -2.31. The minimum atomic E-state index is -0.0860. The zero-order chi connectivity index (χ0) is 33.4. The van der Waals surface area contributed by atoms with Crippen LogP contribution in [0.25, 0.3) is 11.3 Å². The fourth-order valence-corrected chi connectivity index (χ4v) is 6.87. The summed E-state index contributed by atoms with van der Waals surface area (Å²) in [4.78, 5) is 38.7. The van der Waals surface area contributed by atoms with Crippen molar-refractivity contribution >= 4 is 29.0 Å². The van der Waals surface area contributed by atoms with E-state index < -0.39 is 0 Å². The lowest BCUT2D eigenvalue weighted by molar-refractivity contribution is 0.0350. The number of ether oxygens (including phenoxy) is 2. The van der Waals surface area contributed by atoms with E-state index in [0.29, 0.717) is 60.6 Å². The van der Waals surface area contributed by atoms with Gasteiger partial charge in [-0.1, -0.05) is 36.9 Å². The molecule has 246 valence electrons. The van der Waals surface area contributed by atoms with E-state index in [1.807, 2.05) is 72.5 Å². The number of rotatable bonds is 8. The van der Waals surface area contributed by atoms with Crippen LogP contribution in [-0.4, -0.2) is 66.9 Å². The Morgan fingerprint density at radius 2 is 1.79 bits per heavy atom. The minimum Gasteiger partial charge on any atom is -0.491 e. The van der Waals surface area contributed by atoms with Gasteiger partial charge < -0.3 is 30.0 Å². The lowest BCUT2D eigenvalue weighted by atomic mass is 9.96. The van der Waals surface area contributed by atoms with Crippen molar-refractivity contribution in [3.8, 4) is 17.0 Å². The van der Waals surface area contributed by atoms with Crippen LogP contribution >= 0.6 is 0 Å². The number of likely N-dealkylation sites (tertiary alicyclic amines) is 1. The zero-order valence-electron chi connectivity index (χ0n) is 27.5. The van der Waals surface area contributed by atoms with Crippen molar-refractivity contribution in [3.63, 3.8) is 0 Å². The van der Waals surface area contributed by atoms with Crippen molar-refractivity contribution in [3.05, 3.63) is 113 Å². The molecule has 3 N–H and O–H groups in total. The highest BCUT2D eigenvalue weighted by Gasteiger charge is 2.30. The standard InChI is InChI=1S/C39H41N5O4/c1-4-41-36(32-23-33(42-37(32)40)26-10-12-27(13-11-26)38(45)43-18-16-29(47-3)17-19-43)30-6-5-7-34(24(30)2)44-20-21-48-35-22-28(25-8-9-25)14-15-31(35)39(44)46/h4-7,10-15,22-23,25,29,42H,1,8-9,16-21,40H2,2-3H3. The second kappa shape index (κ2) is 13.2. The third-order valence-corrected chi connectivity index (χ3v) is 9.78. The van der Waals surface area contributed by atoms with E-state index in [9.17, 15) is 9.59 Å². The number of aromatic nitrogens is 1. The fraction of sp³-hybridized carbons (Fsp3) is 0.308. The molecule has 4 aromatic rings. The zero-order valence-corrected chi connectivity index (χ0v) is 27.5. The van der Waals surface area contributed by atoms with Gasteiger partial charge in [0.1, 0.15) is 18.2 Å². The van der Waals surface area contributed by atoms with Gasteiger partial charge in [-0.15, -0.1) is 0 Å². The highest BCUT2D eigenvalue weighted by Crippen LogP contribution is 2.42. The molecule has 0 atom stereocenters. The van der Waals surface area contributed by atoms with Crippen LogP contribution in [-0.2, 0) is 4.74 Å². The van der Waals surface area contributed by atoms with Crippen molar-refractivity contribution in [2.75, 3.05) is 44.0 Å².